The quantitative estimate of drug-likeness (QED) is 0.746. The highest BCUT2D eigenvalue weighted by Crippen LogP contribution is 2.33. The SMILES string of the molecule is COc1ccc(NC(C)c2cc3ccccc3o2)c(OC)c1. The van der Waals surface area contributed by atoms with Crippen LogP contribution in [0.2, 0.25) is 0 Å². The molecular formula is C18H19NO3. The predicted octanol–water partition coefficient (Wildman–Crippen LogP) is 4.62. The number of methoxy groups -OCH3 is 2. The molecule has 0 aliphatic rings. The maximum absolute atomic E-state index is 5.89. The van der Waals surface area contributed by atoms with Gasteiger partial charge in [0.25, 0.3) is 0 Å². The monoisotopic (exact) mass is 297 g/mol. The van der Waals surface area contributed by atoms with Crippen molar-refractivity contribution in [3.63, 3.8) is 0 Å². The summed E-state index contributed by atoms with van der Waals surface area (Å²) in [5, 5.41) is 4.52. The van der Waals surface area contributed by atoms with Crippen LogP contribution in [0, 0.1) is 0 Å². The summed E-state index contributed by atoms with van der Waals surface area (Å²) in [6, 6.07) is 15.8. The Morgan fingerprint density at radius 3 is 2.55 bits per heavy atom. The topological polar surface area (TPSA) is 43.6 Å². The van der Waals surface area contributed by atoms with Crippen LogP contribution in [-0.4, -0.2) is 14.2 Å². The first-order chi connectivity index (χ1) is 10.7. The average Bonchev–Trinajstić information content (AvgIpc) is 2.99. The lowest BCUT2D eigenvalue weighted by atomic mass is 10.2. The van der Waals surface area contributed by atoms with Gasteiger partial charge in [-0.05, 0) is 31.2 Å². The summed E-state index contributed by atoms with van der Waals surface area (Å²) < 4.78 is 16.5. The van der Waals surface area contributed by atoms with E-state index in [0.717, 1.165) is 33.9 Å². The highest BCUT2D eigenvalue weighted by Gasteiger charge is 2.14. The third-order valence-electron chi connectivity index (χ3n) is 3.65. The molecule has 0 amide bonds. The molecule has 0 aliphatic carbocycles. The summed E-state index contributed by atoms with van der Waals surface area (Å²) in [6.45, 7) is 2.06. The van der Waals surface area contributed by atoms with Gasteiger partial charge in [-0.2, -0.15) is 0 Å². The van der Waals surface area contributed by atoms with E-state index in [9.17, 15) is 0 Å². The summed E-state index contributed by atoms with van der Waals surface area (Å²) >= 11 is 0. The Hall–Kier alpha value is -2.62. The number of nitrogens with one attached hydrogen (secondary N) is 1. The smallest absolute Gasteiger partial charge is 0.145 e. The van der Waals surface area contributed by atoms with Crippen LogP contribution in [0.15, 0.2) is 52.9 Å². The van der Waals surface area contributed by atoms with Crippen molar-refractivity contribution in [1.82, 2.24) is 0 Å². The van der Waals surface area contributed by atoms with Gasteiger partial charge >= 0.3 is 0 Å². The Labute approximate surface area is 129 Å². The Bertz CT molecular complexity index is 746. The van der Waals surface area contributed by atoms with E-state index in [1.807, 2.05) is 42.5 Å². The standard InChI is InChI=1S/C18H19NO3/c1-12(17-10-13-6-4-5-7-16(13)22-17)19-15-9-8-14(20-2)11-18(15)21-3/h4-12,19H,1-3H3. The number of benzene rings is 2. The van der Waals surface area contributed by atoms with Gasteiger partial charge in [0.2, 0.25) is 0 Å². The van der Waals surface area contributed by atoms with Crippen LogP contribution in [0.1, 0.15) is 18.7 Å². The maximum atomic E-state index is 5.89. The Morgan fingerprint density at radius 1 is 1.00 bits per heavy atom. The zero-order chi connectivity index (χ0) is 15.5. The van der Waals surface area contributed by atoms with E-state index in [2.05, 4.69) is 18.3 Å². The lowest BCUT2D eigenvalue weighted by Gasteiger charge is -2.16. The van der Waals surface area contributed by atoms with Gasteiger partial charge in [-0.25, -0.2) is 0 Å². The molecule has 2 aromatic carbocycles. The number of hydrogen-bond donors (Lipinski definition) is 1. The number of hydrogen-bond acceptors (Lipinski definition) is 4. The highest BCUT2D eigenvalue weighted by molar-refractivity contribution is 5.78. The first-order valence-corrected chi connectivity index (χ1v) is 7.18. The molecule has 1 unspecified atom stereocenters. The molecule has 0 radical (unpaired) electrons. The van der Waals surface area contributed by atoms with E-state index in [4.69, 9.17) is 13.9 Å². The number of furan rings is 1. The van der Waals surface area contributed by atoms with Crippen molar-refractivity contribution in [1.29, 1.82) is 0 Å². The van der Waals surface area contributed by atoms with Crippen molar-refractivity contribution in [2.75, 3.05) is 19.5 Å². The number of para-hydroxylation sites is 1. The summed E-state index contributed by atoms with van der Waals surface area (Å²) in [4.78, 5) is 0. The van der Waals surface area contributed by atoms with Gasteiger partial charge in [-0.1, -0.05) is 18.2 Å². The van der Waals surface area contributed by atoms with Crippen molar-refractivity contribution < 1.29 is 13.9 Å². The average molecular weight is 297 g/mol. The summed E-state index contributed by atoms with van der Waals surface area (Å²) in [6.07, 6.45) is 0. The van der Waals surface area contributed by atoms with E-state index >= 15 is 0 Å². The lowest BCUT2D eigenvalue weighted by Crippen LogP contribution is -2.06. The molecule has 1 aromatic heterocycles. The van der Waals surface area contributed by atoms with E-state index < -0.39 is 0 Å². The molecule has 0 saturated carbocycles. The fourth-order valence-corrected chi connectivity index (χ4v) is 2.44. The first kappa shape index (κ1) is 14.3. The Balaban J connectivity index is 1.85. The van der Waals surface area contributed by atoms with Crippen LogP contribution >= 0.6 is 0 Å². The lowest BCUT2D eigenvalue weighted by molar-refractivity contribution is 0.395. The van der Waals surface area contributed by atoms with Crippen LogP contribution in [0.3, 0.4) is 0 Å². The molecular weight excluding hydrogens is 278 g/mol. The van der Waals surface area contributed by atoms with E-state index in [1.165, 1.54) is 0 Å². The first-order valence-electron chi connectivity index (χ1n) is 7.18. The molecule has 4 heteroatoms. The van der Waals surface area contributed by atoms with Crippen LogP contribution in [0.25, 0.3) is 11.0 Å². The molecule has 0 aliphatic heterocycles. The fraction of sp³-hybridized carbons (Fsp3) is 0.222. The van der Waals surface area contributed by atoms with Gasteiger partial charge in [0.1, 0.15) is 22.8 Å². The molecule has 0 saturated heterocycles. The second-order valence-electron chi connectivity index (χ2n) is 5.12. The molecule has 22 heavy (non-hydrogen) atoms. The van der Waals surface area contributed by atoms with E-state index in [0.29, 0.717) is 0 Å². The minimum Gasteiger partial charge on any atom is -0.497 e. The van der Waals surface area contributed by atoms with Crippen molar-refractivity contribution in [3.8, 4) is 11.5 Å². The zero-order valence-corrected chi connectivity index (χ0v) is 12.9. The minimum absolute atomic E-state index is 0.0229. The molecule has 1 atom stereocenters. The third kappa shape index (κ3) is 2.72. The Morgan fingerprint density at radius 2 is 1.82 bits per heavy atom. The van der Waals surface area contributed by atoms with Crippen molar-refractivity contribution in [3.05, 3.63) is 54.3 Å². The molecule has 3 aromatic rings. The zero-order valence-electron chi connectivity index (χ0n) is 12.9. The van der Waals surface area contributed by atoms with Gasteiger partial charge in [0.15, 0.2) is 0 Å². The Kier molecular flexibility index (Phi) is 3.92. The van der Waals surface area contributed by atoms with Gasteiger partial charge in [0, 0.05) is 11.5 Å². The molecule has 0 spiro atoms. The molecule has 3 rings (SSSR count). The number of rotatable bonds is 5. The second kappa shape index (κ2) is 6.02. The van der Waals surface area contributed by atoms with Gasteiger partial charge in [-0.3, -0.25) is 0 Å². The van der Waals surface area contributed by atoms with Crippen molar-refractivity contribution >= 4 is 16.7 Å². The largest absolute Gasteiger partial charge is 0.497 e. The minimum atomic E-state index is 0.0229. The predicted molar refractivity (Wildman–Crippen MR) is 87.8 cm³/mol. The van der Waals surface area contributed by atoms with Crippen LogP contribution < -0.4 is 14.8 Å². The normalized spacial score (nSPS) is 12.1. The van der Waals surface area contributed by atoms with Crippen LogP contribution in [-0.2, 0) is 0 Å². The van der Waals surface area contributed by atoms with E-state index in [1.54, 1.807) is 14.2 Å². The van der Waals surface area contributed by atoms with E-state index in [-0.39, 0.29) is 6.04 Å². The van der Waals surface area contributed by atoms with Gasteiger partial charge in [0.05, 0.1) is 25.9 Å². The fourth-order valence-electron chi connectivity index (χ4n) is 2.44. The highest BCUT2D eigenvalue weighted by atomic mass is 16.5. The van der Waals surface area contributed by atoms with Crippen molar-refractivity contribution in [2.24, 2.45) is 0 Å². The third-order valence-corrected chi connectivity index (χ3v) is 3.65. The summed E-state index contributed by atoms with van der Waals surface area (Å²) in [7, 11) is 3.28. The molecule has 114 valence electrons. The molecule has 4 nitrogen and oxygen atoms in total. The molecule has 0 bridgehead atoms. The van der Waals surface area contributed by atoms with Crippen LogP contribution in [0.4, 0.5) is 5.69 Å². The number of anilines is 1. The molecule has 1 N–H and O–H groups in total. The maximum Gasteiger partial charge on any atom is 0.145 e. The van der Waals surface area contributed by atoms with Gasteiger partial charge in [-0.15, -0.1) is 0 Å². The number of fused-ring (bicyclic) bond motifs is 1. The van der Waals surface area contributed by atoms with Crippen LogP contribution in [0.5, 0.6) is 11.5 Å². The summed E-state index contributed by atoms with van der Waals surface area (Å²) in [5.41, 5.74) is 1.80. The molecule has 1 heterocycles. The van der Waals surface area contributed by atoms with Gasteiger partial charge < -0.3 is 19.2 Å². The number of ether oxygens (including phenoxy) is 2. The second-order valence-corrected chi connectivity index (χ2v) is 5.12. The van der Waals surface area contributed by atoms with Crippen molar-refractivity contribution in [2.45, 2.75) is 13.0 Å². The molecule has 0 fully saturated rings. The summed E-state index contributed by atoms with van der Waals surface area (Å²) in [5.74, 6) is 2.39.